The summed E-state index contributed by atoms with van der Waals surface area (Å²) in [5.41, 5.74) is 6.80. The Balaban J connectivity index is 2.51. The summed E-state index contributed by atoms with van der Waals surface area (Å²) >= 11 is 5.17. The second-order valence-electron chi connectivity index (χ2n) is 4.21. The molecule has 0 unspecified atom stereocenters. The second kappa shape index (κ2) is 4.74. The summed E-state index contributed by atoms with van der Waals surface area (Å²) < 4.78 is 1.09. The molecule has 2 N–H and O–H groups in total. The number of anilines is 1. The van der Waals surface area contributed by atoms with Crippen LogP contribution in [0, 0.1) is 6.92 Å². The number of aromatic nitrogens is 2. The van der Waals surface area contributed by atoms with E-state index in [1.54, 1.807) is 11.3 Å². The SMILES string of the molecule is Cc1sc(-c2nc(N)cc(C(C)C)n2)cc1Br. The number of thiophene rings is 1. The second-order valence-corrected chi connectivity index (χ2v) is 6.32. The predicted molar refractivity (Wildman–Crippen MR) is 76.3 cm³/mol. The van der Waals surface area contributed by atoms with E-state index in [9.17, 15) is 0 Å². The number of aryl methyl sites for hydroxylation is 1. The molecule has 0 aliphatic heterocycles. The fourth-order valence-corrected chi connectivity index (χ4v) is 2.93. The van der Waals surface area contributed by atoms with Crippen LogP contribution in [-0.2, 0) is 0 Å². The van der Waals surface area contributed by atoms with Crippen molar-refractivity contribution in [2.45, 2.75) is 26.7 Å². The Morgan fingerprint density at radius 1 is 1.29 bits per heavy atom. The van der Waals surface area contributed by atoms with Gasteiger partial charge in [-0.05, 0) is 34.8 Å². The molecule has 3 nitrogen and oxygen atoms in total. The summed E-state index contributed by atoms with van der Waals surface area (Å²) in [7, 11) is 0. The van der Waals surface area contributed by atoms with Gasteiger partial charge < -0.3 is 5.73 Å². The quantitative estimate of drug-likeness (QED) is 0.912. The fourth-order valence-electron chi connectivity index (χ4n) is 1.46. The van der Waals surface area contributed by atoms with Crippen molar-refractivity contribution in [2.75, 3.05) is 5.73 Å². The highest BCUT2D eigenvalue weighted by molar-refractivity contribution is 9.10. The molecule has 5 heteroatoms. The first-order valence-electron chi connectivity index (χ1n) is 5.38. The van der Waals surface area contributed by atoms with Gasteiger partial charge in [0.1, 0.15) is 5.82 Å². The minimum atomic E-state index is 0.351. The monoisotopic (exact) mass is 311 g/mol. The molecule has 0 atom stereocenters. The van der Waals surface area contributed by atoms with E-state index in [1.807, 2.05) is 12.1 Å². The van der Waals surface area contributed by atoms with Gasteiger partial charge in [-0.15, -0.1) is 11.3 Å². The third-order valence-corrected chi connectivity index (χ3v) is 4.57. The number of hydrogen-bond acceptors (Lipinski definition) is 4. The highest BCUT2D eigenvalue weighted by Gasteiger charge is 2.11. The van der Waals surface area contributed by atoms with Crippen molar-refractivity contribution in [1.29, 1.82) is 0 Å². The lowest BCUT2D eigenvalue weighted by molar-refractivity contribution is 0.819. The Morgan fingerprint density at radius 2 is 2.00 bits per heavy atom. The van der Waals surface area contributed by atoms with Crippen molar-refractivity contribution >= 4 is 33.1 Å². The summed E-state index contributed by atoms with van der Waals surface area (Å²) in [5.74, 6) is 1.59. The normalized spacial score (nSPS) is 11.1. The molecule has 2 rings (SSSR count). The van der Waals surface area contributed by atoms with Gasteiger partial charge in [0.2, 0.25) is 0 Å². The van der Waals surface area contributed by atoms with Crippen LogP contribution in [0.1, 0.15) is 30.3 Å². The lowest BCUT2D eigenvalue weighted by Gasteiger charge is -2.06. The maximum atomic E-state index is 5.82. The zero-order valence-electron chi connectivity index (χ0n) is 9.99. The molecule has 0 spiro atoms. The summed E-state index contributed by atoms with van der Waals surface area (Å²) in [6.07, 6.45) is 0. The molecule has 0 saturated heterocycles. The smallest absolute Gasteiger partial charge is 0.171 e. The van der Waals surface area contributed by atoms with Crippen molar-refractivity contribution in [1.82, 2.24) is 9.97 Å². The largest absolute Gasteiger partial charge is 0.384 e. The van der Waals surface area contributed by atoms with Gasteiger partial charge in [0.15, 0.2) is 5.82 Å². The van der Waals surface area contributed by atoms with E-state index in [-0.39, 0.29) is 0 Å². The highest BCUT2D eigenvalue weighted by atomic mass is 79.9. The van der Waals surface area contributed by atoms with E-state index in [0.717, 1.165) is 15.0 Å². The predicted octanol–water partition coefficient (Wildman–Crippen LogP) is 3.98. The highest BCUT2D eigenvalue weighted by Crippen LogP contribution is 2.33. The van der Waals surface area contributed by atoms with Gasteiger partial charge in [0.25, 0.3) is 0 Å². The molecule has 0 bridgehead atoms. The number of hydrogen-bond donors (Lipinski definition) is 1. The number of halogens is 1. The fraction of sp³-hybridized carbons (Fsp3) is 0.333. The molecular formula is C12H14BrN3S. The first-order chi connectivity index (χ1) is 7.97. The van der Waals surface area contributed by atoms with Crippen LogP contribution in [0.3, 0.4) is 0 Å². The van der Waals surface area contributed by atoms with Gasteiger partial charge >= 0.3 is 0 Å². The molecule has 0 aliphatic rings. The summed E-state index contributed by atoms with van der Waals surface area (Å²) in [4.78, 5) is 11.1. The van der Waals surface area contributed by atoms with E-state index in [1.165, 1.54) is 4.88 Å². The zero-order valence-corrected chi connectivity index (χ0v) is 12.4. The van der Waals surface area contributed by atoms with Crippen LogP contribution in [0.25, 0.3) is 10.7 Å². The minimum absolute atomic E-state index is 0.351. The molecule has 2 heterocycles. The topological polar surface area (TPSA) is 51.8 Å². The number of rotatable bonds is 2. The summed E-state index contributed by atoms with van der Waals surface area (Å²) in [6, 6.07) is 3.88. The van der Waals surface area contributed by atoms with Crippen LogP contribution in [0.15, 0.2) is 16.6 Å². The van der Waals surface area contributed by atoms with Crippen LogP contribution in [0.5, 0.6) is 0 Å². The first kappa shape index (κ1) is 12.5. The van der Waals surface area contributed by atoms with E-state index in [4.69, 9.17) is 5.73 Å². The van der Waals surface area contributed by atoms with E-state index < -0.39 is 0 Å². The number of nitrogen functional groups attached to an aromatic ring is 1. The van der Waals surface area contributed by atoms with Gasteiger partial charge in [-0.3, -0.25) is 0 Å². The van der Waals surface area contributed by atoms with Gasteiger partial charge in [-0.25, -0.2) is 9.97 Å². The molecule has 2 aromatic rings. The summed E-state index contributed by atoms with van der Waals surface area (Å²) in [6.45, 7) is 6.26. The molecule has 0 aliphatic carbocycles. The third-order valence-electron chi connectivity index (χ3n) is 2.43. The molecule has 90 valence electrons. The van der Waals surface area contributed by atoms with Crippen molar-refractivity contribution in [2.24, 2.45) is 0 Å². The van der Waals surface area contributed by atoms with Crippen molar-refractivity contribution < 1.29 is 0 Å². The van der Waals surface area contributed by atoms with Crippen LogP contribution in [0.2, 0.25) is 0 Å². The first-order valence-corrected chi connectivity index (χ1v) is 6.99. The number of nitrogens with two attached hydrogens (primary N) is 1. The number of nitrogens with zero attached hydrogens (tertiary/aromatic N) is 2. The molecule has 2 aromatic heterocycles. The maximum absolute atomic E-state index is 5.82. The van der Waals surface area contributed by atoms with Crippen LogP contribution in [0.4, 0.5) is 5.82 Å². The van der Waals surface area contributed by atoms with Gasteiger partial charge in [0, 0.05) is 21.1 Å². The van der Waals surface area contributed by atoms with E-state index in [0.29, 0.717) is 17.6 Å². The Kier molecular flexibility index (Phi) is 3.49. The standard InChI is InChI=1S/C12H14BrN3S/c1-6(2)9-5-11(14)16-12(15-9)10-4-8(13)7(3)17-10/h4-6H,1-3H3,(H2,14,15,16). The van der Waals surface area contributed by atoms with Crippen LogP contribution < -0.4 is 5.73 Å². The average Bonchev–Trinajstić information content (AvgIpc) is 2.58. The zero-order chi connectivity index (χ0) is 12.6. The Morgan fingerprint density at radius 3 is 2.53 bits per heavy atom. The third kappa shape index (κ3) is 2.66. The van der Waals surface area contributed by atoms with Gasteiger partial charge in [0.05, 0.1) is 4.88 Å². The molecule has 0 fully saturated rings. The summed E-state index contributed by atoms with van der Waals surface area (Å²) in [5, 5.41) is 0. The van der Waals surface area contributed by atoms with E-state index >= 15 is 0 Å². The molecule has 0 saturated carbocycles. The molecule has 0 radical (unpaired) electrons. The molecular weight excluding hydrogens is 298 g/mol. The molecule has 17 heavy (non-hydrogen) atoms. The van der Waals surface area contributed by atoms with Crippen molar-refractivity contribution in [3.05, 3.63) is 27.2 Å². The van der Waals surface area contributed by atoms with Gasteiger partial charge in [-0.2, -0.15) is 0 Å². The van der Waals surface area contributed by atoms with Crippen molar-refractivity contribution in [3.63, 3.8) is 0 Å². The van der Waals surface area contributed by atoms with Crippen molar-refractivity contribution in [3.8, 4) is 10.7 Å². The average molecular weight is 312 g/mol. The Bertz CT molecular complexity index is 529. The lowest BCUT2D eigenvalue weighted by Crippen LogP contribution is -2.00. The Labute approximate surface area is 113 Å². The lowest BCUT2D eigenvalue weighted by atomic mass is 10.1. The molecule has 0 amide bonds. The minimum Gasteiger partial charge on any atom is -0.384 e. The van der Waals surface area contributed by atoms with Gasteiger partial charge in [-0.1, -0.05) is 13.8 Å². The van der Waals surface area contributed by atoms with Crippen LogP contribution >= 0.6 is 27.3 Å². The maximum Gasteiger partial charge on any atom is 0.171 e. The Hall–Kier alpha value is -0.940. The van der Waals surface area contributed by atoms with Crippen LogP contribution in [-0.4, -0.2) is 9.97 Å². The van der Waals surface area contributed by atoms with E-state index in [2.05, 4.69) is 46.7 Å². The molecule has 0 aromatic carbocycles.